The maximum absolute atomic E-state index is 13.5. The zero-order valence-corrected chi connectivity index (χ0v) is 15.6. The minimum atomic E-state index is 0.0850. The lowest BCUT2D eigenvalue weighted by Gasteiger charge is -2.36. The van der Waals surface area contributed by atoms with E-state index in [2.05, 4.69) is 24.9 Å². The molecular weight excluding hydrogens is 352 g/mol. The molecule has 6 rings (SSSR count). The van der Waals surface area contributed by atoms with Crippen molar-refractivity contribution in [1.29, 1.82) is 0 Å². The Morgan fingerprint density at radius 1 is 1.00 bits per heavy atom. The Kier molecular flexibility index (Phi) is 4.27. The third-order valence-electron chi connectivity index (χ3n) is 5.73. The van der Waals surface area contributed by atoms with Gasteiger partial charge in [0, 0.05) is 50.5 Å². The van der Waals surface area contributed by atoms with Crippen LogP contribution >= 0.6 is 0 Å². The lowest BCUT2D eigenvalue weighted by atomic mass is 9.94. The van der Waals surface area contributed by atoms with E-state index in [1.165, 1.54) is 0 Å². The van der Waals surface area contributed by atoms with E-state index < -0.39 is 0 Å². The Morgan fingerprint density at radius 3 is 2.75 bits per heavy atom. The Morgan fingerprint density at radius 2 is 1.93 bits per heavy atom. The number of fused-ring (bicyclic) bond motifs is 4. The number of benzene rings is 1. The first-order valence-electron chi connectivity index (χ1n) is 9.70. The largest absolute Gasteiger partial charge is 0.353 e. The van der Waals surface area contributed by atoms with Gasteiger partial charge in [-0.15, -0.1) is 0 Å². The summed E-state index contributed by atoms with van der Waals surface area (Å²) >= 11 is 0. The highest BCUT2D eigenvalue weighted by Gasteiger charge is 2.38. The molecule has 0 N–H and O–H groups in total. The van der Waals surface area contributed by atoms with Crippen molar-refractivity contribution in [2.24, 2.45) is 5.92 Å². The van der Waals surface area contributed by atoms with E-state index >= 15 is 0 Å². The van der Waals surface area contributed by atoms with Crippen molar-refractivity contribution in [1.82, 2.24) is 24.6 Å². The number of hydrogen-bond acceptors (Lipinski definition) is 5. The van der Waals surface area contributed by atoms with Gasteiger partial charge in [0.15, 0.2) is 0 Å². The van der Waals surface area contributed by atoms with Crippen LogP contribution in [0.25, 0.3) is 5.69 Å². The number of aromatic nitrogens is 4. The molecule has 28 heavy (non-hydrogen) atoms. The first kappa shape index (κ1) is 16.9. The quantitative estimate of drug-likeness (QED) is 0.704. The van der Waals surface area contributed by atoms with Gasteiger partial charge >= 0.3 is 0 Å². The van der Waals surface area contributed by atoms with E-state index in [1.54, 1.807) is 23.3 Å². The number of carbonyl (C=O) groups is 1. The fraction of sp³-hybridized carbons (Fsp3) is 0.333. The molecule has 142 valence electrons. The third-order valence-corrected chi connectivity index (χ3v) is 5.73. The molecule has 0 spiro atoms. The van der Waals surface area contributed by atoms with Crippen molar-refractivity contribution in [3.05, 3.63) is 66.9 Å². The lowest BCUT2D eigenvalue weighted by Crippen LogP contribution is -2.47. The maximum Gasteiger partial charge on any atom is 0.256 e. The summed E-state index contributed by atoms with van der Waals surface area (Å²) in [4.78, 5) is 26.6. The molecule has 2 bridgehead atoms. The third kappa shape index (κ3) is 3.02. The molecule has 3 aromatic rings. The maximum atomic E-state index is 13.5. The van der Waals surface area contributed by atoms with Crippen molar-refractivity contribution in [2.75, 3.05) is 24.5 Å². The molecule has 1 amide bonds. The fourth-order valence-electron chi connectivity index (χ4n) is 4.39. The summed E-state index contributed by atoms with van der Waals surface area (Å²) in [6, 6.07) is 9.76. The summed E-state index contributed by atoms with van der Waals surface area (Å²) in [5, 5.41) is 4.32. The van der Waals surface area contributed by atoms with Gasteiger partial charge in [0.2, 0.25) is 0 Å². The summed E-state index contributed by atoms with van der Waals surface area (Å²) in [5.74, 6) is 1.43. The lowest BCUT2D eigenvalue weighted by molar-refractivity contribution is 0.0592. The van der Waals surface area contributed by atoms with Crippen molar-refractivity contribution >= 4 is 11.7 Å². The fourth-order valence-corrected chi connectivity index (χ4v) is 4.39. The topological polar surface area (TPSA) is 67.2 Å². The molecule has 0 saturated carbocycles. The molecule has 3 aliphatic heterocycles. The average Bonchev–Trinajstić information content (AvgIpc) is 3.13. The van der Waals surface area contributed by atoms with E-state index in [4.69, 9.17) is 0 Å². The van der Waals surface area contributed by atoms with Gasteiger partial charge < -0.3 is 9.80 Å². The summed E-state index contributed by atoms with van der Waals surface area (Å²) < 4.78 is 1.76. The van der Waals surface area contributed by atoms with E-state index in [9.17, 15) is 4.79 Å². The van der Waals surface area contributed by atoms with Crippen LogP contribution in [0.3, 0.4) is 0 Å². The molecule has 0 aliphatic carbocycles. The van der Waals surface area contributed by atoms with Crippen LogP contribution in [0, 0.1) is 5.92 Å². The number of hydrogen-bond donors (Lipinski definition) is 0. The van der Waals surface area contributed by atoms with E-state index in [-0.39, 0.29) is 11.9 Å². The highest BCUT2D eigenvalue weighted by Crippen LogP contribution is 2.31. The molecule has 7 nitrogen and oxygen atoms in total. The Balaban J connectivity index is 1.44. The van der Waals surface area contributed by atoms with Gasteiger partial charge in [-0.25, -0.2) is 9.67 Å². The van der Waals surface area contributed by atoms with Crippen LogP contribution < -0.4 is 4.90 Å². The molecule has 3 saturated heterocycles. The summed E-state index contributed by atoms with van der Waals surface area (Å²) in [6.07, 6.45) is 11.0. The highest BCUT2D eigenvalue weighted by atomic mass is 16.2. The molecule has 2 aromatic heterocycles. The van der Waals surface area contributed by atoms with Crippen molar-refractivity contribution < 1.29 is 4.79 Å². The SMILES string of the molecule is O=C(c1ccccc1-n1cccn1)N1C[C@H]2CC[C@@H]1CN(c1cnccn1)C2. The Labute approximate surface area is 163 Å². The summed E-state index contributed by atoms with van der Waals surface area (Å²) in [5.41, 5.74) is 1.52. The number of nitrogens with zero attached hydrogens (tertiary/aromatic N) is 6. The second-order valence-electron chi connectivity index (χ2n) is 7.49. The molecule has 7 heteroatoms. The van der Waals surface area contributed by atoms with Crippen molar-refractivity contribution in [2.45, 2.75) is 18.9 Å². The van der Waals surface area contributed by atoms with E-state index in [0.717, 1.165) is 44.0 Å². The summed E-state index contributed by atoms with van der Waals surface area (Å²) in [6.45, 7) is 2.50. The van der Waals surface area contributed by atoms with Crippen LogP contribution in [0.2, 0.25) is 0 Å². The van der Waals surface area contributed by atoms with Crippen LogP contribution in [-0.2, 0) is 0 Å². The first-order chi connectivity index (χ1) is 13.8. The van der Waals surface area contributed by atoms with Gasteiger partial charge in [0.05, 0.1) is 17.4 Å². The van der Waals surface area contributed by atoms with Crippen molar-refractivity contribution in [3.63, 3.8) is 0 Å². The van der Waals surface area contributed by atoms with Gasteiger partial charge in [-0.05, 0) is 37.0 Å². The Bertz CT molecular complexity index is 958. The highest BCUT2D eigenvalue weighted by molar-refractivity contribution is 5.98. The number of anilines is 1. The van der Waals surface area contributed by atoms with Gasteiger partial charge in [0.1, 0.15) is 5.82 Å². The van der Waals surface area contributed by atoms with E-state index in [1.807, 2.05) is 42.7 Å². The molecule has 3 aliphatic rings. The zero-order valence-electron chi connectivity index (χ0n) is 15.6. The molecule has 0 radical (unpaired) electrons. The number of amides is 1. The van der Waals surface area contributed by atoms with Gasteiger partial charge in [0.25, 0.3) is 5.91 Å². The molecule has 0 unspecified atom stereocenters. The standard InChI is InChI=1S/C21H22N6O/c28-21(18-4-1-2-5-19(18)27-11-3-8-24-27)26-14-16-6-7-17(26)15-25(13-16)20-12-22-9-10-23-20/h1-5,8-12,16-17H,6-7,13-15H2/t16-,17+/m0/s1. The van der Waals surface area contributed by atoms with Gasteiger partial charge in [-0.1, -0.05) is 12.1 Å². The normalized spacial score (nSPS) is 21.6. The van der Waals surface area contributed by atoms with Gasteiger partial charge in [-0.3, -0.25) is 9.78 Å². The number of carbonyl (C=O) groups excluding carboxylic acids is 1. The van der Waals surface area contributed by atoms with Crippen LogP contribution in [-0.4, -0.2) is 56.2 Å². The second kappa shape index (κ2) is 7.07. The van der Waals surface area contributed by atoms with Gasteiger partial charge in [-0.2, -0.15) is 5.10 Å². The van der Waals surface area contributed by atoms with Crippen LogP contribution in [0.4, 0.5) is 5.82 Å². The molecule has 5 heterocycles. The summed E-state index contributed by atoms with van der Waals surface area (Å²) in [7, 11) is 0. The predicted octanol–water partition coefficient (Wildman–Crippen LogP) is 2.40. The second-order valence-corrected chi connectivity index (χ2v) is 7.49. The minimum Gasteiger partial charge on any atom is -0.353 e. The number of piperidine rings is 1. The average molecular weight is 374 g/mol. The zero-order chi connectivity index (χ0) is 18.9. The molecular formula is C21H22N6O. The van der Waals surface area contributed by atoms with Crippen LogP contribution in [0.5, 0.6) is 0 Å². The predicted molar refractivity (Wildman–Crippen MR) is 105 cm³/mol. The van der Waals surface area contributed by atoms with Crippen molar-refractivity contribution in [3.8, 4) is 5.69 Å². The Hall–Kier alpha value is -3.22. The first-order valence-corrected chi connectivity index (χ1v) is 9.70. The van der Waals surface area contributed by atoms with Crippen LogP contribution in [0.1, 0.15) is 23.2 Å². The van der Waals surface area contributed by atoms with E-state index in [0.29, 0.717) is 11.5 Å². The molecule has 2 atom stereocenters. The number of rotatable bonds is 3. The molecule has 3 fully saturated rings. The minimum absolute atomic E-state index is 0.0850. The van der Waals surface area contributed by atoms with Crippen LogP contribution in [0.15, 0.2) is 61.3 Å². The monoisotopic (exact) mass is 374 g/mol. The molecule has 1 aromatic carbocycles. The number of para-hydroxylation sites is 1. The smallest absolute Gasteiger partial charge is 0.256 e.